The Morgan fingerprint density at radius 3 is 0.673 bits per heavy atom. The predicted molar refractivity (Wildman–Crippen MR) is 470 cm³/mol. The van der Waals surface area contributed by atoms with Crippen molar-refractivity contribution in [3.8, 4) is 237 Å². The summed E-state index contributed by atoms with van der Waals surface area (Å²) in [5, 5.41) is 2.67. The van der Waals surface area contributed by atoms with E-state index in [-0.39, 0.29) is 0 Å². The van der Waals surface area contributed by atoms with Crippen LogP contribution in [0.2, 0.25) is 0 Å². The molecule has 0 saturated heterocycles. The molecule has 0 radical (unpaired) electrons. The lowest BCUT2D eigenvalue weighted by Gasteiger charge is -2.25. The minimum absolute atomic E-state index is 1.17. The Morgan fingerprint density at radius 2 is 0.445 bits per heavy atom. The van der Waals surface area contributed by atoms with E-state index in [2.05, 4.69) is 504 Å². The number of aryl methyl sites for hydroxylation is 10. The zero-order chi connectivity index (χ0) is 79.3. The summed E-state index contributed by atoms with van der Waals surface area (Å²) in [5.41, 5.74) is 17.8. The second kappa shape index (κ2) is 54.8. The summed E-state index contributed by atoms with van der Waals surface area (Å²) in [6.07, 6.45) is 4.93. The summed E-state index contributed by atoms with van der Waals surface area (Å²) < 4.78 is 0. The molecule has 0 bridgehead atoms. The van der Waals surface area contributed by atoms with E-state index >= 15 is 0 Å². The highest BCUT2D eigenvalue weighted by Crippen LogP contribution is 2.34. The Hall–Kier alpha value is -15.8. The summed E-state index contributed by atoms with van der Waals surface area (Å²) in [6.45, 7) is 22.8. The molecule has 10 aromatic rings. The van der Waals surface area contributed by atoms with Crippen LogP contribution in [0.15, 0.2) is 231 Å². The van der Waals surface area contributed by atoms with Crippen LogP contribution in [-0.4, -0.2) is 14.1 Å². The van der Waals surface area contributed by atoms with Gasteiger partial charge in [0.2, 0.25) is 0 Å². The fourth-order valence-corrected chi connectivity index (χ4v) is 9.22. The van der Waals surface area contributed by atoms with E-state index in [1.54, 1.807) is 6.92 Å². The van der Waals surface area contributed by atoms with Crippen molar-refractivity contribution in [2.75, 3.05) is 23.9 Å². The fraction of sp³-hybridized carbons (Fsp3) is 0.121. The van der Waals surface area contributed by atoms with Crippen LogP contribution in [0.3, 0.4) is 0 Å². The minimum atomic E-state index is 1.17. The SMILES string of the molecule is C#CC#CC#CC#CC#CC#CC#CC#CC#CC#CC#CC#CC#CC#CC#CC#CC#CC#CC#CC.CN(C)c1ccccc1.Cc1ccc(-c2ccc(C)cc2)cc1.Cc1ccc(C)cc1.Cc1ccc(C)s1.Cc1ccc(N(c2ccccc2)c2ccc(C)cc2)cc1.Cc1ccc2cc(C)ccc2c1. The summed E-state index contributed by atoms with van der Waals surface area (Å²) >= 11 is 1.84. The molecule has 2 nitrogen and oxygen atoms in total. The number of para-hydroxylation sites is 2. The fourth-order valence-electron chi connectivity index (χ4n) is 8.44. The molecule has 9 aromatic carbocycles. The summed E-state index contributed by atoms with van der Waals surface area (Å²) in [4.78, 5) is 7.16. The van der Waals surface area contributed by atoms with E-state index < -0.39 is 0 Å². The third kappa shape index (κ3) is 40.7. The second-order valence-electron chi connectivity index (χ2n) is 23.2. The number of hydrogen-bond acceptors (Lipinski definition) is 3. The van der Waals surface area contributed by atoms with E-state index in [0.29, 0.717) is 0 Å². The molecule has 0 unspecified atom stereocenters. The summed E-state index contributed by atoms with van der Waals surface area (Å²) in [6, 6.07) is 81.1. The van der Waals surface area contributed by atoms with E-state index in [9.17, 15) is 0 Å². The molecule has 0 fully saturated rings. The first kappa shape index (κ1) is 86.6. The van der Waals surface area contributed by atoms with Crippen molar-refractivity contribution in [1.29, 1.82) is 0 Å². The molecular weight excluding hydrogens is 1350 g/mol. The Bertz CT molecular complexity index is 5850. The van der Waals surface area contributed by atoms with Gasteiger partial charge in [-0.05, 0) is 253 Å². The number of rotatable bonds is 5. The average Bonchev–Trinajstić information content (AvgIpc) is 1.18. The van der Waals surface area contributed by atoms with Crippen LogP contribution >= 0.6 is 11.3 Å². The first-order valence-electron chi connectivity index (χ1n) is 34.3. The van der Waals surface area contributed by atoms with Gasteiger partial charge in [-0.25, -0.2) is 0 Å². The van der Waals surface area contributed by atoms with Gasteiger partial charge in [-0.1, -0.05) is 220 Å². The highest BCUT2D eigenvalue weighted by Gasteiger charge is 2.11. The van der Waals surface area contributed by atoms with E-state index in [1.165, 1.54) is 98.9 Å². The van der Waals surface area contributed by atoms with Crippen molar-refractivity contribution >= 4 is 44.9 Å². The maximum Gasteiger partial charge on any atom is 0.0461 e. The maximum atomic E-state index is 4.93. The lowest BCUT2D eigenvalue weighted by molar-refractivity contribution is 1.13. The smallest absolute Gasteiger partial charge is 0.0461 e. The van der Waals surface area contributed by atoms with Gasteiger partial charge in [0.05, 0.1) is 0 Å². The highest BCUT2D eigenvalue weighted by molar-refractivity contribution is 7.11. The molecule has 0 saturated carbocycles. The monoisotopic (exact) mass is 1420 g/mol. The molecule has 1 aromatic heterocycles. The molecule has 522 valence electrons. The Labute approximate surface area is 661 Å². The van der Waals surface area contributed by atoms with Crippen LogP contribution in [0.25, 0.3) is 21.9 Å². The Kier molecular flexibility index (Phi) is 43.2. The number of nitrogens with zero attached hydrogens (tertiary/aromatic N) is 2. The zero-order valence-corrected chi connectivity index (χ0v) is 65.1. The maximum absolute atomic E-state index is 4.93. The number of terminal acetylenes is 1. The van der Waals surface area contributed by atoms with E-state index in [0.717, 1.165) is 0 Å². The predicted octanol–water partition coefficient (Wildman–Crippen LogP) is 20.3. The molecule has 0 spiro atoms. The van der Waals surface area contributed by atoms with Crippen molar-refractivity contribution in [1.82, 2.24) is 0 Å². The number of fused-ring (bicyclic) bond motifs is 1. The lowest BCUT2D eigenvalue weighted by Crippen LogP contribution is -2.09. The van der Waals surface area contributed by atoms with Crippen molar-refractivity contribution in [2.24, 2.45) is 0 Å². The lowest BCUT2D eigenvalue weighted by atomic mass is 10.0. The molecule has 1 heterocycles. The van der Waals surface area contributed by atoms with Gasteiger partial charge in [0.1, 0.15) is 0 Å². The first-order valence-corrected chi connectivity index (χ1v) is 35.1. The van der Waals surface area contributed by atoms with Gasteiger partial charge in [0, 0.05) is 165 Å². The zero-order valence-electron chi connectivity index (χ0n) is 64.3. The van der Waals surface area contributed by atoms with Crippen LogP contribution in [-0.2, 0) is 0 Å². The van der Waals surface area contributed by atoms with Crippen LogP contribution < -0.4 is 9.80 Å². The number of benzene rings is 9. The van der Waals surface area contributed by atoms with Crippen LogP contribution in [0, 0.1) is 295 Å². The normalized spacial score (nSPS) is 7.82. The van der Waals surface area contributed by atoms with Gasteiger partial charge < -0.3 is 9.80 Å². The Morgan fingerprint density at radius 1 is 0.227 bits per heavy atom. The van der Waals surface area contributed by atoms with Gasteiger partial charge in [-0.3, -0.25) is 0 Å². The largest absolute Gasteiger partial charge is 0.378 e. The highest BCUT2D eigenvalue weighted by atomic mass is 32.1. The molecule has 0 aliphatic carbocycles. The Balaban J connectivity index is 0.000000298. The molecule has 0 aliphatic heterocycles. The minimum Gasteiger partial charge on any atom is -0.378 e. The number of hydrogen-bond donors (Lipinski definition) is 0. The topological polar surface area (TPSA) is 6.48 Å². The summed E-state index contributed by atoms with van der Waals surface area (Å²) in [7, 11) is 4.07. The molecule has 0 aliphatic rings. The van der Waals surface area contributed by atoms with Crippen molar-refractivity contribution < 1.29 is 0 Å². The molecule has 0 amide bonds. The molecule has 0 atom stereocenters. The third-order valence-corrected chi connectivity index (χ3v) is 14.8. The second-order valence-corrected chi connectivity index (χ2v) is 24.7. The molecular formula is C107H78N2S. The van der Waals surface area contributed by atoms with E-state index in [1.807, 2.05) is 49.7 Å². The van der Waals surface area contributed by atoms with Crippen LogP contribution in [0.5, 0.6) is 0 Å². The average molecular weight is 1420 g/mol. The molecule has 3 heteroatoms. The van der Waals surface area contributed by atoms with E-state index in [4.69, 9.17) is 6.42 Å². The van der Waals surface area contributed by atoms with Gasteiger partial charge in [-0.15, -0.1) is 17.8 Å². The summed E-state index contributed by atoms with van der Waals surface area (Å²) in [5.74, 6) is 91.9. The molecule has 0 N–H and O–H groups in total. The van der Waals surface area contributed by atoms with Gasteiger partial charge in [0.25, 0.3) is 0 Å². The van der Waals surface area contributed by atoms with Gasteiger partial charge in [-0.2, -0.15) is 0 Å². The number of thiophene rings is 1. The number of anilines is 4. The molecule has 110 heavy (non-hydrogen) atoms. The van der Waals surface area contributed by atoms with Crippen molar-refractivity contribution in [2.45, 2.75) is 76.2 Å². The quantitative estimate of drug-likeness (QED) is 0.159. The first-order chi connectivity index (χ1) is 53.5. The van der Waals surface area contributed by atoms with Gasteiger partial charge >= 0.3 is 0 Å². The van der Waals surface area contributed by atoms with Crippen molar-refractivity contribution in [3.05, 3.63) is 285 Å². The molecule has 10 rings (SSSR count). The van der Waals surface area contributed by atoms with Crippen molar-refractivity contribution in [3.63, 3.8) is 0 Å². The standard InChI is InChI=1S/C39H4.C20H19N.C14H14.C12H12.C8H11N.C8H10.C6H8S/c1-3-5-7-9-11-13-15-17-19-21-23-25-27-29-31-33-35-37-39-38-36-34-32-30-28-26-24-22-20-18-16-14-12-10-8-6-4-2;1-16-8-12-19(13-9-16)21(18-6-4-3-5-7-18)20-14-10-17(2)11-15-20;1-11-3-7-13(8-4-11)14-9-5-12(2)6-10-14;1-9-3-5-12-8-10(2)4-6-11(12)7-9;1-9(2)8-6-4-3-5-7-8;1-7-3-5-8(2)6-4-7;1-5-3-4-6(2)7-5/h1H,2H3;3-15H,1-2H3;3-10H,1-2H3;3-8H,1-2H3;3-7H,1-2H3;3-6H,1-2H3;3-4H,1-2H3. The van der Waals surface area contributed by atoms with Crippen LogP contribution in [0.1, 0.15) is 61.2 Å². The van der Waals surface area contributed by atoms with Crippen LogP contribution in [0.4, 0.5) is 22.7 Å². The third-order valence-electron chi connectivity index (χ3n) is 13.9. The van der Waals surface area contributed by atoms with Gasteiger partial charge in [0.15, 0.2) is 0 Å².